The molecule has 0 bridgehead atoms. The van der Waals surface area contributed by atoms with Crippen LogP contribution in [-0.4, -0.2) is 29.8 Å². The molecule has 1 N–H and O–H groups in total. The Bertz CT molecular complexity index is 504. The molecule has 0 atom stereocenters. The van der Waals surface area contributed by atoms with E-state index in [2.05, 4.69) is 5.32 Å². The Balaban J connectivity index is 2.11. The first kappa shape index (κ1) is 14.1. The number of hydrogen-bond donors (Lipinski definition) is 1. The van der Waals surface area contributed by atoms with Gasteiger partial charge in [0.05, 0.1) is 9.88 Å². The van der Waals surface area contributed by atoms with Crippen molar-refractivity contribution in [1.29, 1.82) is 0 Å². The van der Waals surface area contributed by atoms with Crippen molar-refractivity contribution in [3.63, 3.8) is 0 Å². The highest BCUT2D eigenvalue weighted by Crippen LogP contribution is 2.33. The molecule has 1 aliphatic carbocycles. The zero-order valence-corrected chi connectivity index (χ0v) is 12.6. The Kier molecular flexibility index (Phi) is 3.94. The number of aryl methyl sites for hydroxylation is 1. The fourth-order valence-electron chi connectivity index (χ4n) is 1.72. The van der Waals surface area contributed by atoms with E-state index in [4.69, 9.17) is 0 Å². The average Bonchev–Trinajstić information content (AvgIpc) is 3.12. The molecule has 1 heterocycles. The molecule has 0 spiro atoms. The molecule has 1 aliphatic rings. The van der Waals surface area contributed by atoms with Crippen LogP contribution in [0.5, 0.6) is 0 Å². The SMILES string of the molecule is Cc1cc(NC(=O)C2CC2)sc1C(=O)N(C)C(C)C. The van der Waals surface area contributed by atoms with Gasteiger partial charge in [-0.3, -0.25) is 9.59 Å². The minimum Gasteiger partial charge on any atom is -0.339 e. The molecule has 0 aliphatic heterocycles. The molecule has 4 nitrogen and oxygen atoms in total. The Hall–Kier alpha value is -1.36. The van der Waals surface area contributed by atoms with Gasteiger partial charge in [0.15, 0.2) is 0 Å². The minimum atomic E-state index is 0.0180. The molecule has 0 unspecified atom stereocenters. The van der Waals surface area contributed by atoms with Gasteiger partial charge < -0.3 is 10.2 Å². The van der Waals surface area contributed by atoms with Crippen LogP contribution in [0.15, 0.2) is 6.07 Å². The first-order valence-electron chi connectivity index (χ1n) is 6.58. The largest absolute Gasteiger partial charge is 0.339 e. The number of hydrogen-bond acceptors (Lipinski definition) is 3. The quantitative estimate of drug-likeness (QED) is 0.922. The summed E-state index contributed by atoms with van der Waals surface area (Å²) in [5.74, 6) is 0.279. The van der Waals surface area contributed by atoms with Crippen LogP contribution in [0.1, 0.15) is 41.9 Å². The van der Waals surface area contributed by atoms with Gasteiger partial charge in [-0.15, -0.1) is 11.3 Å². The molecule has 0 radical (unpaired) electrons. The monoisotopic (exact) mass is 280 g/mol. The highest BCUT2D eigenvalue weighted by atomic mass is 32.1. The number of anilines is 1. The van der Waals surface area contributed by atoms with E-state index in [0.29, 0.717) is 4.88 Å². The fourth-order valence-corrected chi connectivity index (χ4v) is 2.78. The zero-order valence-electron chi connectivity index (χ0n) is 11.8. The summed E-state index contributed by atoms with van der Waals surface area (Å²) in [7, 11) is 1.80. The second-order valence-corrected chi connectivity index (χ2v) is 6.45. The molecule has 0 saturated heterocycles. The van der Waals surface area contributed by atoms with E-state index < -0.39 is 0 Å². The van der Waals surface area contributed by atoms with Gasteiger partial charge >= 0.3 is 0 Å². The summed E-state index contributed by atoms with van der Waals surface area (Å²) in [5.41, 5.74) is 0.925. The zero-order chi connectivity index (χ0) is 14.2. The summed E-state index contributed by atoms with van der Waals surface area (Å²) in [5, 5.41) is 3.67. The first-order chi connectivity index (χ1) is 8.90. The maximum absolute atomic E-state index is 12.3. The summed E-state index contributed by atoms with van der Waals surface area (Å²) in [4.78, 5) is 26.4. The lowest BCUT2D eigenvalue weighted by molar-refractivity contribution is -0.117. The van der Waals surface area contributed by atoms with Crippen LogP contribution in [0.4, 0.5) is 5.00 Å². The van der Waals surface area contributed by atoms with Crippen LogP contribution in [0.2, 0.25) is 0 Å². The van der Waals surface area contributed by atoms with Gasteiger partial charge in [0, 0.05) is 19.0 Å². The Morgan fingerprint density at radius 1 is 1.42 bits per heavy atom. The lowest BCUT2D eigenvalue weighted by Gasteiger charge is -2.20. The van der Waals surface area contributed by atoms with Crippen molar-refractivity contribution in [1.82, 2.24) is 4.90 Å². The molecule has 1 fully saturated rings. The Labute approximate surface area is 117 Å². The van der Waals surface area contributed by atoms with Gasteiger partial charge in [-0.05, 0) is 45.2 Å². The van der Waals surface area contributed by atoms with Gasteiger partial charge in [0.25, 0.3) is 5.91 Å². The highest BCUT2D eigenvalue weighted by Gasteiger charge is 2.30. The fraction of sp³-hybridized carbons (Fsp3) is 0.571. The molecule has 2 rings (SSSR count). The second-order valence-electron chi connectivity index (χ2n) is 5.40. The summed E-state index contributed by atoms with van der Waals surface area (Å²) in [6.45, 7) is 5.87. The number of rotatable bonds is 4. The molecular weight excluding hydrogens is 260 g/mol. The summed E-state index contributed by atoms with van der Waals surface area (Å²) in [6, 6.07) is 2.05. The molecule has 19 heavy (non-hydrogen) atoms. The van der Waals surface area contributed by atoms with Crippen LogP contribution in [-0.2, 0) is 4.79 Å². The summed E-state index contributed by atoms with van der Waals surface area (Å²) in [6.07, 6.45) is 1.97. The van der Waals surface area contributed by atoms with E-state index >= 15 is 0 Å². The van der Waals surface area contributed by atoms with Gasteiger partial charge in [-0.1, -0.05) is 0 Å². The molecule has 1 saturated carbocycles. The van der Waals surface area contributed by atoms with Crippen molar-refractivity contribution < 1.29 is 9.59 Å². The number of nitrogens with one attached hydrogen (secondary N) is 1. The third-order valence-electron chi connectivity index (χ3n) is 3.40. The van der Waals surface area contributed by atoms with E-state index in [-0.39, 0.29) is 23.8 Å². The number of carbonyl (C=O) groups excluding carboxylic acids is 2. The predicted molar refractivity (Wildman–Crippen MR) is 77.6 cm³/mol. The maximum atomic E-state index is 12.3. The van der Waals surface area contributed by atoms with E-state index in [1.807, 2.05) is 26.8 Å². The molecule has 1 aromatic rings. The first-order valence-corrected chi connectivity index (χ1v) is 7.40. The van der Waals surface area contributed by atoms with Crippen molar-refractivity contribution in [2.45, 2.75) is 39.7 Å². The van der Waals surface area contributed by atoms with Crippen LogP contribution in [0, 0.1) is 12.8 Å². The third-order valence-corrected chi connectivity index (χ3v) is 4.54. The lowest BCUT2D eigenvalue weighted by atomic mass is 10.2. The van der Waals surface area contributed by atoms with Gasteiger partial charge in [-0.2, -0.15) is 0 Å². The predicted octanol–water partition coefficient (Wildman–Crippen LogP) is 2.89. The minimum absolute atomic E-state index is 0.0180. The van der Waals surface area contributed by atoms with Crippen molar-refractivity contribution in [3.05, 3.63) is 16.5 Å². The molecule has 0 aromatic carbocycles. The van der Waals surface area contributed by atoms with Crippen molar-refractivity contribution in [2.75, 3.05) is 12.4 Å². The van der Waals surface area contributed by atoms with Gasteiger partial charge in [0.2, 0.25) is 5.91 Å². The molecule has 2 amide bonds. The molecular formula is C14H20N2O2S. The lowest BCUT2D eigenvalue weighted by Crippen LogP contribution is -2.32. The normalized spacial score (nSPS) is 14.6. The summed E-state index contributed by atoms with van der Waals surface area (Å²) >= 11 is 1.36. The number of nitrogens with zero attached hydrogens (tertiary/aromatic N) is 1. The Morgan fingerprint density at radius 2 is 2.05 bits per heavy atom. The van der Waals surface area contributed by atoms with Gasteiger partial charge in [-0.25, -0.2) is 0 Å². The van der Waals surface area contributed by atoms with Crippen LogP contribution in [0.3, 0.4) is 0 Å². The number of thiophene rings is 1. The smallest absolute Gasteiger partial charge is 0.264 e. The summed E-state index contributed by atoms with van der Waals surface area (Å²) < 4.78 is 0. The van der Waals surface area contributed by atoms with Crippen molar-refractivity contribution in [2.24, 2.45) is 5.92 Å². The maximum Gasteiger partial charge on any atom is 0.264 e. The standard InChI is InChI=1S/C14H20N2O2S/c1-8(2)16(4)14(18)12-9(3)7-11(19-12)15-13(17)10-5-6-10/h7-8,10H,5-6H2,1-4H3,(H,15,17). The van der Waals surface area contributed by atoms with Crippen LogP contribution in [0.25, 0.3) is 0 Å². The van der Waals surface area contributed by atoms with E-state index in [9.17, 15) is 9.59 Å². The van der Waals surface area contributed by atoms with E-state index in [0.717, 1.165) is 23.4 Å². The highest BCUT2D eigenvalue weighted by molar-refractivity contribution is 7.18. The van der Waals surface area contributed by atoms with Gasteiger partial charge in [0.1, 0.15) is 0 Å². The number of carbonyl (C=O) groups is 2. The Morgan fingerprint density at radius 3 is 2.58 bits per heavy atom. The van der Waals surface area contributed by atoms with Crippen molar-refractivity contribution >= 4 is 28.2 Å². The number of amides is 2. The average molecular weight is 280 g/mol. The molecule has 1 aromatic heterocycles. The van der Waals surface area contributed by atoms with Crippen molar-refractivity contribution in [3.8, 4) is 0 Å². The van der Waals surface area contributed by atoms with E-state index in [1.54, 1.807) is 11.9 Å². The van der Waals surface area contributed by atoms with E-state index in [1.165, 1.54) is 11.3 Å². The third kappa shape index (κ3) is 3.15. The van der Waals surface area contributed by atoms with Crippen LogP contribution < -0.4 is 5.32 Å². The van der Waals surface area contributed by atoms with Crippen LogP contribution >= 0.6 is 11.3 Å². The molecule has 104 valence electrons. The topological polar surface area (TPSA) is 49.4 Å². The molecule has 5 heteroatoms. The second kappa shape index (κ2) is 5.33.